The monoisotopic (exact) mass is 234 g/mol. The second kappa shape index (κ2) is 4.86. The standard InChI is InChI=1S/C12H14N2O3/c15-11(16)7-6-9-8-14(12(17)13-9)10-4-2-1-3-5-10/h1-5,9H,6-8H2,(H,13,17)(H,15,16). The van der Waals surface area contributed by atoms with Crippen LogP contribution in [0.4, 0.5) is 10.5 Å². The van der Waals surface area contributed by atoms with Crippen molar-refractivity contribution in [2.45, 2.75) is 18.9 Å². The van der Waals surface area contributed by atoms with E-state index in [2.05, 4.69) is 5.32 Å². The number of rotatable bonds is 4. The third-order valence-electron chi connectivity index (χ3n) is 2.75. The van der Waals surface area contributed by atoms with Crippen LogP contribution < -0.4 is 10.2 Å². The van der Waals surface area contributed by atoms with Crippen LogP contribution in [-0.2, 0) is 4.79 Å². The van der Waals surface area contributed by atoms with Crippen molar-refractivity contribution in [3.63, 3.8) is 0 Å². The molecule has 1 aliphatic rings. The lowest BCUT2D eigenvalue weighted by atomic mass is 10.1. The first-order valence-electron chi connectivity index (χ1n) is 5.51. The third kappa shape index (κ3) is 2.75. The lowest BCUT2D eigenvalue weighted by Gasteiger charge is -2.14. The summed E-state index contributed by atoms with van der Waals surface area (Å²) in [4.78, 5) is 23.8. The summed E-state index contributed by atoms with van der Waals surface area (Å²) in [6.45, 7) is 0.524. The van der Waals surface area contributed by atoms with Gasteiger partial charge in [-0.2, -0.15) is 0 Å². The maximum atomic E-state index is 11.7. The molecule has 2 N–H and O–H groups in total. The second-order valence-corrected chi connectivity index (χ2v) is 4.02. The van der Waals surface area contributed by atoms with Gasteiger partial charge in [-0.25, -0.2) is 4.79 Å². The van der Waals surface area contributed by atoms with E-state index in [1.165, 1.54) is 0 Å². The van der Waals surface area contributed by atoms with E-state index in [0.29, 0.717) is 13.0 Å². The molecule has 1 heterocycles. The van der Waals surface area contributed by atoms with E-state index in [4.69, 9.17) is 5.11 Å². The van der Waals surface area contributed by atoms with E-state index < -0.39 is 5.97 Å². The molecule has 5 heteroatoms. The highest BCUT2D eigenvalue weighted by Crippen LogP contribution is 2.19. The van der Waals surface area contributed by atoms with Crippen LogP contribution in [-0.4, -0.2) is 29.7 Å². The van der Waals surface area contributed by atoms with Gasteiger partial charge in [0.1, 0.15) is 0 Å². The van der Waals surface area contributed by atoms with Gasteiger partial charge < -0.3 is 10.4 Å². The number of hydrogen-bond acceptors (Lipinski definition) is 2. The Hall–Kier alpha value is -2.04. The highest BCUT2D eigenvalue weighted by Gasteiger charge is 2.29. The van der Waals surface area contributed by atoms with Gasteiger partial charge in [0.25, 0.3) is 0 Å². The van der Waals surface area contributed by atoms with Crippen LogP contribution in [0, 0.1) is 0 Å². The van der Waals surface area contributed by atoms with E-state index in [0.717, 1.165) is 5.69 Å². The van der Waals surface area contributed by atoms with Gasteiger partial charge in [0, 0.05) is 24.7 Å². The fourth-order valence-electron chi connectivity index (χ4n) is 1.89. The number of carboxylic acids is 1. The number of carbonyl (C=O) groups is 2. The van der Waals surface area contributed by atoms with Crippen LogP contribution >= 0.6 is 0 Å². The van der Waals surface area contributed by atoms with Gasteiger partial charge in [-0.3, -0.25) is 9.69 Å². The summed E-state index contributed by atoms with van der Waals surface area (Å²) in [6.07, 6.45) is 0.540. The van der Waals surface area contributed by atoms with Crippen LogP contribution in [0.15, 0.2) is 30.3 Å². The van der Waals surface area contributed by atoms with E-state index in [1.54, 1.807) is 4.90 Å². The van der Waals surface area contributed by atoms with Crippen molar-refractivity contribution >= 4 is 17.7 Å². The number of aliphatic carboxylic acids is 1. The first kappa shape index (κ1) is 11.4. The molecule has 0 aliphatic carbocycles. The van der Waals surface area contributed by atoms with E-state index in [-0.39, 0.29) is 18.5 Å². The molecule has 0 aromatic heterocycles. The number of urea groups is 1. The first-order chi connectivity index (χ1) is 8.16. The molecule has 1 aromatic carbocycles. The topological polar surface area (TPSA) is 69.6 Å². The zero-order valence-corrected chi connectivity index (χ0v) is 9.30. The van der Waals surface area contributed by atoms with Gasteiger partial charge in [-0.1, -0.05) is 18.2 Å². The lowest BCUT2D eigenvalue weighted by Crippen LogP contribution is -2.28. The minimum absolute atomic E-state index is 0.0770. The number of carbonyl (C=O) groups excluding carboxylic acids is 1. The average molecular weight is 234 g/mol. The summed E-state index contributed by atoms with van der Waals surface area (Å²) in [5.74, 6) is -0.836. The Morgan fingerprint density at radius 3 is 2.76 bits per heavy atom. The minimum atomic E-state index is -0.836. The molecule has 5 nitrogen and oxygen atoms in total. The quantitative estimate of drug-likeness (QED) is 0.828. The maximum Gasteiger partial charge on any atom is 0.322 e. The summed E-state index contributed by atoms with van der Waals surface area (Å²) >= 11 is 0. The Bertz CT molecular complexity index is 419. The van der Waals surface area contributed by atoms with Gasteiger partial charge >= 0.3 is 12.0 Å². The third-order valence-corrected chi connectivity index (χ3v) is 2.75. The molecule has 2 amide bonds. The zero-order chi connectivity index (χ0) is 12.3. The lowest BCUT2D eigenvalue weighted by molar-refractivity contribution is -0.137. The van der Waals surface area contributed by atoms with Gasteiger partial charge in [-0.05, 0) is 18.6 Å². The Morgan fingerprint density at radius 2 is 2.12 bits per heavy atom. The van der Waals surface area contributed by atoms with Gasteiger partial charge in [0.2, 0.25) is 0 Å². The summed E-state index contributed by atoms with van der Waals surface area (Å²) in [5.41, 5.74) is 0.836. The van der Waals surface area contributed by atoms with Crippen LogP contribution in [0.2, 0.25) is 0 Å². The van der Waals surface area contributed by atoms with Crippen molar-refractivity contribution in [1.29, 1.82) is 0 Å². The number of para-hydroxylation sites is 1. The molecule has 1 atom stereocenters. The molecular weight excluding hydrogens is 220 g/mol. The van der Waals surface area contributed by atoms with Crippen LogP contribution in [0.1, 0.15) is 12.8 Å². The smallest absolute Gasteiger partial charge is 0.322 e. The molecule has 1 fully saturated rings. The van der Waals surface area contributed by atoms with Crippen LogP contribution in [0.3, 0.4) is 0 Å². The Kier molecular flexibility index (Phi) is 3.27. The minimum Gasteiger partial charge on any atom is -0.481 e. The molecule has 1 aromatic rings. The Balaban J connectivity index is 1.98. The second-order valence-electron chi connectivity index (χ2n) is 4.02. The normalized spacial score (nSPS) is 19.2. The zero-order valence-electron chi connectivity index (χ0n) is 9.30. The number of amides is 2. The molecule has 1 unspecified atom stereocenters. The predicted octanol–water partition coefficient (Wildman–Crippen LogP) is 1.45. The predicted molar refractivity (Wildman–Crippen MR) is 63.0 cm³/mol. The number of nitrogens with zero attached hydrogens (tertiary/aromatic N) is 1. The van der Waals surface area contributed by atoms with Crippen molar-refractivity contribution < 1.29 is 14.7 Å². The van der Waals surface area contributed by atoms with E-state index in [1.807, 2.05) is 30.3 Å². The van der Waals surface area contributed by atoms with Crippen molar-refractivity contribution in [3.8, 4) is 0 Å². The summed E-state index contributed by atoms with van der Waals surface area (Å²) in [6, 6.07) is 9.10. The molecule has 90 valence electrons. The molecule has 17 heavy (non-hydrogen) atoms. The van der Waals surface area contributed by atoms with Gasteiger partial charge in [0.05, 0.1) is 0 Å². The van der Waals surface area contributed by atoms with Gasteiger partial charge in [0.15, 0.2) is 0 Å². The average Bonchev–Trinajstić information content (AvgIpc) is 2.69. The number of anilines is 1. The number of carboxylic acid groups (broad SMARTS) is 1. The van der Waals surface area contributed by atoms with E-state index >= 15 is 0 Å². The number of hydrogen-bond donors (Lipinski definition) is 2. The largest absolute Gasteiger partial charge is 0.481 e. The Morgan fingerprint density at radius 1 is 1.41 bits per heavy atom. The molecule has 0 radical (unpaired) electrons. The van der Waals surface area contributed by atoms with Crippen molar-refractivity contribution in [2.24, 2.45) is 0 Å². The molecule has 1 saturated heterocycles. The highest BCUT2D eigenvalue weighted by molar-refractivity contribution is 5.94. The van der Waals surface area contributed by atoms with Gasteiger partial charge in [-0.15, -0.1) is 0 Å². The van der Waals surface area contributed by atoms with Crippen molar-refractivity contribution in [3.05, 3.63) is 30.3 Å². The summed E-state index contributed by atoms with van der Waals surface area (Å²) < 4.78 is 0. The Labute approximate surface area is 99.0 Å². The van der Waals surface area contributed by atoms with Crippen LogP contribution in [0.25, 0.3) is 0 Å². The SMILES string of the molecule is O=C(O)CCC1CN(c2ccccc2)C(=O)N1. The summed E-state index contributed by atoms with van der Waals surface area (Å²) in [7, 11) is 0. The van der Waals surface area contributed by atoms with E-state index in [9.17, 15) is 9.59 Å². The van der Waals surface area contributed by atoms with Crippen molar-refractivity contribution in [1.82, 2.24) is 5.32 Å². The molecular formula is C12H14N2O3. The highest BCUT2D eigenvalue weighted by atomic mass is 16.4. The molecule has 0 saturated carbocycles. The van der Waals surface area contributed by atoms with Crippen LogP contribution in [0.5, 0.6) is 0 Å². The fourth-order valence-corrected chi connectivity index (χ4v) is 1.89. The molecule has 2 rings (SSSR count). The fraction of sp³-hybridized carbons (Fsp3) is 0.333. The summed E-state index contributed by atoms with van der Waals surface area (Å²) in [5, 5.41) is 11.4. The molecule has 0 spiro atoms. The molecule has 0 bridgehead atoms. The van der Waals surface area contributed by atoms with Crippen molar-refractivity contribution in [2.75, 3.05) is 11.4 Å². The number of nitrogens with one attached hydrogen (secondary N) is 1. The first-order valence-corrected chi connectivity index (χ1v) is 5.51. The molecule has 1 aliphatic heterocycles. The maximum absolute atomic E-state index is 11.7. The number of benzene rings is 1.